The summed E-state index contributed by atoms with van der Waals surface area (Å²) in [7, 11) is 1.44. The Morgan fingerprint density at radius 2 is 2.23 bits per heavy atom. The quantitative estimate of drug-likeness (QED) is 0.867. The first-order valence-electron chi connectivity index (χ1n) is 3.26. The second kappa shape index (κ2) is 4.54. The summed E-state index contributed by atoms with van der Waals surface area (Å²) in [5, 5.41) is 9.47. The summed E-state index contributed by atoms with van der Waals surface area (Å²) in [4.78, 5) is 11.6. The molecule has 0 spiro atoms. The normalized spacial score (nSPS) is 10.4. The van der Waals surface area contributed by atoms with Crippen molar-refractivity contribution in [3.05, 3.63) is 13.1 Å². The van der Waals surface area contributed by atoms with Crippen LogP contribution in [0, 0.1) is 0 Å². The molecule has 0 unspecified atom stereocenters. The first-order valence-corrected chi connectivity index (χ1v) is 5.67. The van der Waals surface area contributed by atoms with E-state index < -0.39 is 0 Å². The molecule has 1 heterocycles. The number of methoxy groups -OCH3 is 1. The average Bonchev–Trinajstić information content (AvgIpc) is 2.33. The Morgan fingerprint density at radius 3 is 2.62 bits per heavy atom. The summed E-state index contributed by atoms with van der Waals surface area (Å²) >= 11 is 7.52. The van der Waals surface area contributed by atoms with E-state index in [1.165, 1.54) is 18.4 Å². The van der Waals surface area contributed by atoms with Crippen LogP contribution in [-0.4, -0.2) is 24.6 Å². The summed E-state index contributed by atoms with van der Waals surface area (Å²) in [6.45, 7) is -0.0209. The molecule has 0 aliphatic carbocycles. The molecule has 0 aliphatic heterocycles. The molecule has 0 atom stereocenters. The van der Waals surface area contributed by atoms with E-state index in [9.17, 15) is 9.90 Å². The number of ketones is 1. The van der Waals surface area contributed by atoms with Crippen LogP contribution >= 0.6 is 43.2 Å². The van der Waals surface area contributed by atoms with E-state index in [-0.39, 0.29) is 18.1 Å². The molecule has 0 saturated carbocycles. The number of halogens is 2. The molecule has 1 aromatic rings. The van der Waals surface area contributed by atoms with Gasteiger partial charge in [0, 0.05) is 7.11 Å². The fourth-order valence-corrected chi connectivity index (χ4v) is 2.74. The zero-order valence-corrected chi connectivity index (χ0v) is 10.6. The molecule has 0 bridgehead atoms. The van der Waals surface area contributed by atoms with Crippen LogP contribution in [-0.2, 0) is 4.74 Å². The van der Waals surface area contributed by atoms with Gasteiger partial charge in [0.05, 0.1) is 8.26 Å². The third kappa shape index (κ3) is 2.31. The SMILES string of the molecule is COCC(=O)c1sc(Br)c(Br)c1O. The van der Waals surface area contributed by atoms with E-state index in [1.54, 1.807) is 0 Å². The maximum absolute atomic E-state index is 11.3. The standard InChI is InChI=1S/C7H6Br2O3S/c1-12-2-3(10)6-5(11)4(8)7(9)13-6/h11H,2H2,1H3. The molecule has 0 fully saturated rings. The topological polar surface area (TPSA) is 46.5 Å². The number of Topliss-reactive ketones (excluding diaryl/α,β-unsaturated/α-hetero) is 1. The van der Waals surface area contributed by atoms with Crippen LogP contribution in [0.2, 0.25) is 0 Å². The predicted molar refractivity (Wildman–Crippen MR) is 57.6 cm³/mol. The summed E-state index contributed by atoms with van der Waals surface area (Å²) in [6.07, 6.45) is 0. The Hall–Kier alpha value is 0.0900. The largest absolute Gasteiger partial charge is 0.505 e. The lowest BCUT2D eigenvalue weighted by molar-refractivity contribution is 0.0850. The van der Waals surface area contributed by atoms with Crippen LogP contribution in [0.4, 0.5) is 0 Å². The Bertz CT molecular complexity index is 335. The van der Waals surface area contributed by atoms with Crippen molar-refractivity contribution < 1.29 is 14.6 Å². The van der Waals surface area contributed by atoms with Gasteiger partial charge in [-0.05, 0) is 31.9 Å². The molecule has 1 rings (SSSR count). The van der Waals surface area contributed by atoms with Crippen molar-refractivity contribution in [2.45, 2.75) is 0 Å². The van der Waals surface area contributed by atoms with Crippen molar-refractivity contribution in [2.75, 3.05) is 13.7 Å². The van der Waals surface area contributed by atoms with Gasteiger partial charge in [-0.25, -0.2) is 0 Å². The summed E-state index contributed by atoms with van der Waals surface area (Å²) < 4.78 is 5.89. The molecule has 0 amide bonds. The Kier molecular flexibility index (Phi) is 3.90. The third-order valence-corrected chi connectivity index (χ3v) is 4.77. The van der Waals surface area contributed by atoms with Crippen LogP contribution in [0.15, 0.2) is 8.26 Å². The van der Waals surface area contributed by atoms with Crippen molar-refractivity contribution >= 4 is 49.0 Å². The van der Waals surface area contributed by atoms with Crippen LogP contribution in [0.1, 0.15) is 9.67 Å². The minimum atomic E-state index is -0.226. The zero-order valence-electron chi connectivity index (χ0n) is 6.63. The fraction of sp³-hybridized carbons (Fsp3) is 0.286. The number of rotatable bonds is 3. The van der Waals surface area contributed by atoms with Crippen LogP contribution < -0.4 is 0 Å². The lowest BCUT2D eigenvalue weighted by Gasteiger charge is -1.95. The molecule has 6 heteroatoms. The van der Waals surface area contributed by atoms with Gasteiger partial charge < -0.3 is 9.84 Å². The van der Waals surface area contributed by atoms with Crippen LogP contribution in [0.5, 0.6) is 5.75 Å². The van der Waals surface area contributed by atoms with E-state index in [1.807, 2.05) is 0 Å². The highest BCUT2D eigenvalue weighted by Gasteiger charge is 2.19. The smallest absolute Gasteiger partial charge is 0.202 e. The van der Waals surface area contributed by atoms with Gasteiger partial charge in [-0.2, -0.15) is 0 Å². The molecule has 0 saturated heterocycles. The van der Waals surface area contributed by atoms with E-state index in [0.29, 0.717) is 13.1 Å². The number of carbonyl (C=O) groups is 1. The molecule has 1 N–H and O–H groups in total. The maximum Gasteiger partial charge on any atom is 0.202 e. The minimum absolute atomic E-state index is 0.0209. The second-order valence-electron chi connectivity index (χ2n) is 2.22. The lowest BCUT2D eigenvalue weighted by Crippen LogP contribution is -2.04. The number of ether oxygens (including phenoxy) is 1. The second-order valence-corrected chi connectivity index (χ2v) is 5.36. The first-order chi connectivity index (χ1) is 6.07. The molecule has 0 aliphatic rings. The van der Waals surface area contributed by atoms with Crippen molar-refractivity contribution in [3.63, 3.8) is 0 Å². The number of thiophene rings is 1. The first kappa shape index (κ1) is 11.2. The average molecular weight is 330 g/mol. The van der Waals surface area contributed by atoms with Gasteiger partial charge in [0.25, 0.3) is 0 Å². The fourth-order valence-electron chi connectivity index (χ4n) is 0.761. The maximum atomic E-state index is 11.3. The lowest BCUT2D eigenvalue weighted by atomic mass is 10.3. The Balaban J connectivity index is 3.01. The monoisotopic (exact) mass is 328 g/mol. The molecule has 0 aromatic carbocycles. The number of hydrogen-bond donors (Lipinski definition) is 1. The van der Waals surface area contributed by atoms with E-state index in [0.717, 1.165) is 0 Å². The van der Waals surface area contributed by atoms with Crippen molar-refractivity contribution in [1.82, 2.24) is 0 Å². The summed E-state index contributed by atoms with van der Waals surface area (Å²) in [6, 6.07) is 0. The van der Waals surface area contributed by atoms with Crippen molar-refractivity contribution in [2.24, 2.45) is 0 Å². The van der Waals surface area contributed by atoms with Crippen molar-refractivity contribution in [3.8, 4) is 5.75 Å². The molecule has 13 heavy (non-hydrogen) atoms. The van der Waals surface area contributed by atoms with Crippen molar-refractivity contribution in [1.29, 1.82) is 0 Å². The number of hydrogen-bond acceptors (Lipinski definition) is 4. The molecule has 72 valence electrons. The molecular formula is C7H6Br2O3S. The van der Waals surface area contributed by atoms with Gasteiger partial charge in [0.15, 0.2) is 5.75 Å². The van der Waals surface area contributed by atoms with Gasteiger partial charge in [-0.15, -0.1) is 11.3 Å². The van der Waals surface area contributed by atoms with Gasteiger partial charge in [0.1, 0.15) is 11.5 Å². The van der Waals surface area contributed by atoms with Gasteiger partial charge >= 0.3 is 0 Å². The highest BCUT2D eigenvalue weighted by Crippen LogP contribution is 2.42. The summed E-state index contributed by atoms with van der Waals surface area (Å²) in [5.74, 6) is -0.254. The highest BCUT2D eigenvalue weighted by atomic mass is 79.9. The molecule has 1 aromatic heterocycles. The highest BCUT2D eigenvalue weighted by molar-refractivity contribution is 9.13. The van der Waals surface area contributed by atoms with E-state index in [2.05, 4.69) is 36.6 Å². The predicted octanol–water partition coefficient (Wildman–Crippen LogP) is 2.81. The zero-order chi connectivity index (χ0) is 10.0. The van der Waals surface area contributed by atoms with E-state index >= 15 is 0 Å². The van der Waals surface area contributed by atoms with Gasteiger partial charge in [-0.1, -0.05) is 0 Å². The Morgan fingerprint density at radius 1 is 1.62 bits per heavy atom. The summed E-state index contributed by atoms with van der Waals surface area (Å²) in [5.41, 5.74) is 0. The number of aromatic hydroxyl groups is 1. The van der Waals surface area contributed by atoms with Gasteiger partial charge in [0.2, 0.25) is 5.78 Å². The van der Waals surface area contributed by atoms with Crippen LogP contribution in [0.3, 0.4) is 0 Å². The molecular weight excluding hydrogens is 324 g/mol. The van der Waals surface area contributed by atoms with Crippen LogP contribution in [0.25, 0.3) is 0 Å². The molecule has 3 nitrogen and oxygen atoms in total. The minimum Gasteiger partial charge on any atom is -0.505 e. The van der Waals surface area contributed by atoms with E-state index in [4.69, 9.17) is 0 Å². The Labute approximate surface area is 96.0 Å². The number of carbonyl (C=O) groups excluding carboxylic acids is 1. The van der Waals surface area contributed by atoms with Gasteiger partial charge in [-0.3, -0.25) is 4.79 Å². The molecule has 0 radical (unpaired) electrons. The third-order valence-electron chi connectivity index (χ3n) is 1.32.